The predicted molar refractivity (Wildman–Crippen MR) is 86.7 cm³/mol. The number of rotatable bonds is 5. The molecule has 0 unspecified atom stereocenters. The summed E-state index contributed by atoms with van der Waals surface area (Å²) in [6.07, 6.45) is 4.94. The van der Waals surface area contributed by atoms with Crippen LogP contribution in [0, 0.1) is 11.6 Å². The average molecular weight is 338 g/mol. The van der Waals surface area contributed by atoms with Crippen molar-refractivity contribution in [2.45, 2.75) is 49.5 Å². The SMILES string of the molecule is CN(CC1(O)CCCC1)C(=O)NCC1(c2ccc(F)cc2F)CC1. The third kappa shape index (κ3) is 3.53. The molecule has 3 rings (SSSR count). The summed E-state index contributed by atoms with van der Waals surface area (Å²) in [6, 6.07) is 3.33. The molecule has 1 aromatic rings. The number of hydrogen-bond acceptors (Lipinski definition) is 2. The second-order valence-electron chi connectivity index (χ2n) is 7.35. The second-order valence-corrected chi connectivity index (χ2v) is 7.35. The molecule has 2 N–H and O–H groups in total. The molecule has 0 aromatic heterocycles. The minimum Gasteiger partial charge on any atom is -0.388 e. The summed E-state index contributed by atoms with van der Waals surface area (Å²) in [6.45, 7) is 0.619. The zero-order valence-corrected chi connectivity index (χ0v) is 13.9. The molecule has 2 amide bonds. The molecule has 2 aliphatic rings. The molecule has 0 radical (unpaired) electrons. The summed E-state index contributed by atoms with van der Waals surface area (Å²) in [5, 5.41) is 13.2. The van der Waals surface area contributed by atoms with Crippen molar-refractivity contribution in [1.82, 2.24) is 10.2 Å². The van der Waals surface area contributed by atoms with Gasteiger partial charge in [0.15, 0.2) is 0 Å². The molecule has 6 heteroatoms. The lowest BCUT2D eigenvalue weighted by Crippen LogP contribution is -2.47. The lowest BCUT2D eigenvalue weighted by Gasteiger charge is -2.29. The van der Waals surface area contributed by atoms with E-state index >= 15 is 0 Å². The van der Waals surface area contributed by atoms with Gasteiger partial charge < -0.3 is 15.3 Å². The number of benzene rings is 1. The topological polar surface area (TPSA) is 52.6 Å². The van der Waals surface area contributed by atoms with Crippen LogP contribution in [0.1, 0.15) is 44.1 Å². The first-order valence-corrected chi connectivity index (χ1v) is 8.51. The van der Waals surface area contributed by atoms with E-state index in [9.17, 15) is 18.7 Å². The van der Waals surface area contributed by atoms with Crippen LogP contribution in [-0.2, 0) is 5.41 Å². The maximum Gasteiger partial charge on any atom is 0.317 e. The number of nitrogens with one attached hydrogen (secondary N) is 1. The molecule has 0 spiro atoms. The van der Waals surface area contributed by atoms with Crippen molar-refractivity contribution < 1.29 is 18.7 Å². The normalized spacial score (nSPS) is 20.7. The summed E-state index contributed by atoms with van der Waals surface area (Å²) in [4.78, 5) is 13.8. The smallest absolute Gasteiger partial charge is 0.317 e. The first-order valence-electron chi connectivity index (χ1n) is 8.51. The van der Waals surface area contributed by atoms with Crippen LogP contribution >= 0.6 is 0 Å². The van der Waals surface area contributed by atoms with Crippen LogP contribution in [0.3, 0.4) is 0 Å². The molecule has 0 heterocycles. The van der Waals surface area contributed by atoms with Crippen LogP contribution in [0.5, 0.6) is 0 Å². The van der Waals surface area contributed by atoms with Crippen molar-refractivity contribution in [2.24, 2.45) is 0 Å². The summed E-state index contributed by atoms with van der Waals surface area (Å²) >= 11 is 0. The van der Waals surface area contributed by atoms with Crippen molar-refractivity contribution in [3.63, 3.8) is 0 Å². The molecular weight excluding hydrogens is 314 g/mol. The number of hydrogen-bond donors (Lipinski definition) is 2. The zero-order valence-electron chi connectivity index (χ0n) is 13.9. The lowest BCUT2D eigenvalue weighted by molar-refractivity contribution is 0.0247. The molecule has 2 aliphatic carbocycles. The zero-order chi connectivity index (χ0) is 17.4. The number of carbonyl (C=O) groups is 1. The summed E-state index contributed by atoms with van der Waals surface area (Å²) < 4.78 is 27.1. The van der Waals surface area contributed by atoms with Crippen LogP contribution in [0.4, 0.5) is 13.6 Å². The van der Waals surface area contributed by atoms with E-state index in [0.717, 1.165) is 44.6 Å². The monoisotopic (exact) mass is 338 g/mol. The van der Waals surface area contributed by atoms with Crippen molar-refractivity contribution in [1.29, 1.82) is 0 Å². The van der Waals surface area contributed by atoms with Gasteiger partial charge in [-0.25, -0.2) is 13.6 Å². The van der Waals surface area contributed by atoms with Crippen LogP contribution in [0.15, 0.2) is 18.2 Å². The van der Waals surface area contributed by atoms with Crippen LogP contribution < -0.4 is 5.32 Å². The quantitative estimate of drug-likeness (QED) is 0.867. The number of likely N-dealkylation sites (N-methyl/N-ethyl adjacent to an activating group) is 1. The van der Waals surface area contributed by atoms with E-state index in [4.69, 9.17) is 0 Å². The third-order valence-electron chi connectivity index (χ3n) is 5.35. The number of amides is 2. The highest BCUT2D eigenvalue weighted by molar-refractivity contribution is 5.74. The highest BCUT2D eigenvalue weighted by atomic mass is 19.1. The molecule has 0 bridgehead atoms. The number of aliphatic hydroxyl groups is 1. The number of carbonyl (C=O) groups excluding carboxylic acids is 1. The van der Waals surface area contributed by atoms with Crippen molar-refractivity contribution in [3.05, 3.63) is 35.4 Å². The van der Waals surface area contributed by atoms with Gasteiger partial charge in [0.2, 0.25) is 0 Å². The van der Waals surface area contributed by atoms with Gasteiger partial charge >= 0.3 is 6.03 Å². The maximum atomic E-state index is 14.0. The van der Waals surface area contributed by atoms with Gasteiger partial charge in [0.25, 0.3) is 0 Å². The number of nitrogens with zero attached hydrogens (tertiary/aromatic N) is 1. The van der Waals surface area contributed by atoms with Gasteiger partial charge in [0.05, 0.1) is 12.1 Å². The lowest BCUT2D eigenvalue weighted by atomic mass is 9.95. The fourth-order valence-electron chi connectivity index (χ4n) is 3.70. The van der Waals surface area contributed by atoms with E-state index in [2.05, 4.69) is 5.32 Å². The molecule has 1 aromatic carbocycles. The van der Waals surface area contributed by atoms with Crippen LogP contribution in [0.2, 0.25) is 0 Å². The summed E-state index contributed by atoms with van der Waals surface area (Å²) in [5.41, 5.74) is -0.758. The van der Waals surface area contributed by atoms with E-state index in [1.165, 1.54) is 17.0 Å². The average Bonchev–Trinajstić information content (AvgIpc) is 3.19. The Kier molecular flexibility index (Phi) is 4.51. The Balaban J connectivity index is 1.57. The van der Waals surface area contributed by atoms with Crippen molar-refractivity contribution in [3.8, 4) is 0 Å². The largest absolute Gasteiger partial charge is 0.388 e. The highest BCUT2D eigenvalue weighted by Gasteiger charge is 2.46. The van der Waals surface area contributed by atoms with Gasteiger partial charge in [0, 0.05) is 25.1 Å². The fraction of sp³-hybridized carbons (Fsp3) is 0.611. The molecule has 24 heavy (non-hydrogen) atoms. The van der Waals surface area contributed by atoms with Crippen molar-refractivity contribution >= 4 is 6.03 Å². The first kappa shape index (κ1) is 17.1. The molecule has 0 aliphatic heterocycles. The van der Waals surface area contributed by atoms with Gasteiger partial charge in [-0.15, -0.1) is 0 Å². The first-order chi connectivity index (χ1) is 11.3. The van der Waals surface area contributed by atoms with Gasteiger partial charge in [-0.05, 0) is 37.3 Å². The Morgan fingerprint density at radius 1 is 1.25 bits per heavy atom. The van der Waals surface area contributed by atoms with Gasteiger partial charge in [-0.3, -0.25) is 0 Å². The van der Waals surface area contributed by atoms with Crippen LogP contribution in [-0.4, -0.2) is 41.8 Å². The molecule has 2 saturated carbocycles. The second kappa shape index (κ2) is 6.31. The maximum absolute atomic E-state index is 14.0. The van der Waals surface area contributed by atoms with E-state index in [-0.39, 0.29) is 6.03 Å². The van der Waals surface area contributed by atoms with E-state index in [1.54, 1.807) is 7.05 Å². The van der Waals surface area contributed by atoms with E-state index in [1.807, 2.05) is 0 Å². The minimum absolute atomic E-state index is 0.274. The Morgan fingerprint density at radius 3 is 2.50 bits per heavy atom. The Labute approximate surface area is 140 Å². The summed E-state index contributed by atoms with van der Waals surface area (Å²) in [7, 11) is 1.66. The number of halogens is 2. The molecule has 4 nitrogen and oxygen atoms in total. The summed E-state index contributed by atoms with van der Waals surface area (Å²) in [5.74, 6) is -1.16. The third-order valence-corrected chi connectivity index (χ3v) is 5.35. The minimum atomic E-state index is -0.785. The Bertz CT molecular complexity index is 625. The molecule has 0 saturated heterocycles. The molecule has 0 atom stereocenters. The van der Waals surface area contributed by atoms with E-state index < -0.39 is 22.7 Å². The van der Waals surface area contributed by atoms with E-state index in [0.29, 0.717) is 18.7 Å². The number of urea groups is 1. The molecule has 132 valence electrons. The fourth-order valence-corrected chi connectivity index (χ4v) is 3.70. The standard InChI is InChI=1S/C18H24F2N2O2/c1-22(12-18(24)6-2-3-7-18)16(23)21-11-17(8-9-17)14-5-4-13(19)10-15(14)20/h4-5,10,24H,2-3,6-9,11-12H2,1H3,(H,21,23). The molecule has 2 fully saturated rings. The van der Waals surface area contributed by atoms with Gasteiger partial charge in [-0.2, -0.15) is 0 Å². The Hall–Kier alpha value is -1.69. The Morgan fingerprint density at radius 2 is 1.92 bits per heavy atom. The molecular formula is C18H24F2N2O2. The van der Waals surface area contributed by atoms with Crippen LogP contribution in [0.25, 0.3) is 0 Å². The van der Waals surface area contributed by atoms with Gasteiger partial charge in [-0.1, -0.05) is 18.9 Å². The van der Waals surface area contributed by atoms with Gasteiger partial charge in [0.1, 0.15) is 11.6 Å². The predicted octanol–water partition coefficient (Wildman–Crippen LogP) is 2.94. The van der Waals surface area contributed by atoms with Crippen molar-refractivity contribution in [2.75, 3.05) is 20.1 Å². The highest BCUT2D eigenvalue weighted by Crippen LogP contribution is 2.48.